The Labute approximate surface area is 152 Å². The topological polar surface area (TPSA) is 30.2 Å². The first-order valence-corrected chi connectivity index (χ1v) is 9.56. The van der Waals surface area contributed by atoms with Crippen molar-refractivity contribution in [3.8, 4) is 11.3 Å². The lowest BCUT2D eigenvalue weighted by Gasteiger charge is -2.09. The van der Waals surface area contributed by atoms with Crippen LogP contribution in [-0.2, 0) is 5.33 Å². The largest absolute Gasteiger partial charge is 0.455 e. The molecule has 0 aliphatic heterocycles. The summed E-state index contributed by atoms with van der Waals surface area (Å²) < 4.78 is 6.10. The second-order valence-corrected chi connectivity index (χ2v) is 8.41. The third-order valence-electron chi connectivity index (χ3n) is 3.45. The molecule has 3 rings (SSSR count). The van der Waals surface area contributed by atoms with Crippen LogP contribution in [0.2, 0.25) is 0 Å². The van der Waals surface area contributed by atoms with Gasteiger partial charge in [0.15, 0.2) is 5.43 Å². The maximum Gasteiger partial charge on any atom is 0.197 e. The first kappa shape index (κ1) is 16.0. The van der Waals surface area contributed by atoms with E-state index in [1.807, 2.05) is 42.5 Å². The van der Waals surface area contributed by atoms with E-state index in [0.29, 0.717) is 27.6 Å². The molecule has 22 heavy (non-hydrogen) atoms. The fourth-order valence-corrected chi connectivity index (χ4v) is 3.43. The molecule has 0 bridgehead atoms. The van der Waals surface area contributed by atoms with Crippen LogP contribution in [0.1, 0.15) is 14.9 Å². The lowest BCUT2D eigenvalue weighted by molar-refractivity contribution is 0.613. The molecular weight excluding hydrogens is 476 g/mol. The molecule has 0 atom stereocenters. The van der Waals surface area contributed by atoms with Gasteiger partial charge in [-0.3, -0.25) is 4.79 Å². The molecule has 2 nitrogen and oxygen atoms in total. The van der Waals surface area contributed by atoms with E-state index in [0.717, 1.165) is 11.1 Å². The molecule has 0 unspecified atom stereocenters. The average molecular weight is 487 g/mol. The van der Waals surface area contributed by atoms with Crippen molar-refractivity contribution in [2.45, 2.75) is 9.07 Å². The number of alkyl halides is 3. The lowest BCUT2D eigenvalue weighted by Crippen LogP contribution is -2.09. The summed E-state index contributed by atoms with van der Waals surface area (Å²) in [6, 6.07) is 15.2. The Morgan fingerprint density at radius 1 is 1.00 bits per heavy atom. The predicted molar refractivity (Wildman–Crippen MR) is 101 cm³/mol. The molecular formula is C17H11Br3O2. The molecule has 0 spiro atoms. The minimum Gasteiger partial charge on any atom is -0.455 e. The Bertz CT molecular complexity index is 867. The second kappa shape index (κ2) is 6.69. The van der Waals surface area contributed by atoms with Crippen LogP contribution >= 0.6 is 47.8 Å². The van der Waals surface area contributed by atoms with Crippen LogP contribution in [0, 0.1) is 0 Å². The van der Waals surface area contributed by atoms with Crippen molar-refractivity contribution in [1.82, 2.24) is 0 Å². The summed E-state index contributed by atoms with van der Waals surface area (Å²) in [7, 11) is 0. The molecule has 0 aliphatic carbocycles. The Morgan fingerprint density at radius 3 is 2.32 bits per heavy atom. The Morgan fingerprint density at radius 2 is 1.68 bits per heavy atom. The maximum absolute atomic E-state index is 12.6. The summed E-state index contributed by atoms with van der Waals surface area (Å²) in [5.74, 6) is 0.618. The van der Waals surface area contributed by atoms with Crippen molar-refractivity contribution in [1.29, 1.82) is 0 Å². The highest BCUT2D eigenvalue weighted by Crippen LogP contribution is 2.32. The van der Waals surface area contributed by atoms with E-state index in [4.69, 9.17) is 4.42 Å². The quantitative estimate of drug-likeness (QED) is 0.416. The lowest BCUT2D eigenvalue weighted by atomic mass is 10.0. The van der Waals surface area contributed by atoms with Gasteiger partial charge in [0.25, 0.3) is 0 Å². The fourth-order valence-electron chi connectivity index (χ4n) is 2.31. The summed E-state index contributed by atoms with van der Waals surface area (Å²) in [5.41, 5.74) is 3.25. The van der Waals surface area contributed by atoms with Gasteiger partial charge in [0.05, 0.1) is 14.7 Å². The van der Waals surface area contributed by atoms with Crippen molar-refractivity contribution in [3.05, 3.63) is 69.9 Å². The molecule has 0 saturated carbocycles. The minimum atomic E-state index is 0.0108. The zero-order valence-corrected chi connectivity index (χ0v) is 16.1. The van der Waals surface area contributed by atoms with Crippen LogP contribution in [0.3, 0.4) is 0 Å². The summed E-state index contributed by atoms with van der Waals surface area (Å²) in [6.07, 6.45) is 0. The maximum atomic E-state index is 12.6. The van der Waals surface area contributed by atoms with E-state index in [9.17, 15) is 4.79 Å². The molecule has 3 aromatic rings. The minimum absolute atomic E-state index is 0.0108. The fraction of sp³-hybridized carbons (Fsp3) is 0.118. The van der Waals surface area contributed by atoms with Crippen LogP contribution in [-0.4, -0.2) is 0 Å². The Kier molecular flexibility index (Phi) is 4.85. The third kappa shape index (κ3) is 2.94. The van der Waals surface area contributed by atoms with Gasteiger partial charge in [-0.05, 0) is 17.7 Å². The van der Waals surface area contributed by atoms with E-state index < -0.39 is 0 Å². The number of hydrogen-bond acceptors (Lipinski definition) is 2. The Balaban J connectivity index is 2.23. The molecule has 2 aromatic carbocycles. The molecule has 5 heteroatoms. The molecule has 0 N–H and O–H groups in total. The number of rotatable bonds is 3. The first-order chi connectivity index (χ1) is 10.6. The third-order valence-corrected chi connectivity index (χ3v) is 5.07. The molecule has 1 heterocycles. The van der Waals surface area contributed by atoms with Gasteiger partial charge >= 0.3 is 0 Å². The number of fused-ring (bicyclic) bond motifs is 1. The van der Waals surface area contributed by atoms with Crippen LogP contribution in [0.25, 0.3) is 22.3 Å². The average Bonchev–Trinajstić information content (AvgIpc) is 2.55. The first-order valence-electron chi connectivity index (χ1n) is 6.61. The van der Waals surface area contributed by atoms with E-state index in [1.54, 1.807) is 6.07 Å². The van der Waals surface area contributed by atoms with Crippen LogP contribution in [0.15, 0.2) is 57.7 Å². The molecule has 0 amide bonds. The van der Waals surface area contributed by atoms with Gasteiger partial charge < -0.3 is 4.42 Å². The van der Waals surface area contributed by atoms with Crippen molar-refractivity contribution >= 4 is 58.8 Å². The molecule has 0 aliphatic rings. The van der Waals surface area contributed by atoms with Crippen molar-refractivity contribution < 1.29 is 4.42 Å². The van der Waals surface area contributed by atoms with Gasteiger partial charge in [0.1, 0.15) is 11.3 Å². The highest BCUT2D eigenvalue weighted by atomic mass is 79.9. The van der Waals surface area contributed by atoms with E-state index >= 15 is 0 Å². The summed E-state index contributed by atoms with van der Waals surface area (Å²) in [6.45, 7) is 0. The normalized spacial score (nSPS) is 11.3. The standard InChI is InChI=1S/C17H11Br3O2/c18-9-13-15(21)12-3-1-2-4-14(12)22-16(13)10-5-7-11(8-6-10)17(19)20/h1-8,17H,9H2. The highest BCUT2D eigenvalue weighted by Gasteiger charge is 2.15. The van der Waals surface area contributed by atoms with Gasteiger partial charge in [-0.1, -0.05) is 84.2 Å². The van der Waals surface area contributed by atoms with Crippen LogP contribution in [0.4, 0.5) is 0 Å². The van der Waals surface area contributed by atoms with Crippen molar-refractivity contribution in [2.75, 3.05) is 0 Å². The zero-order valence-electron chi connectivity index (χ0n) is 11.4. The zero-order chi connectivity index (χ0) is 15.7. The monoisotopic (exact) mass is 484 g/mol. The highest BCUT2D eigenvalue weighted by molar-refractivity contribution is 9.24. The number of hydrogen-bond donors (Lipinski definition) is 0. The van der Waals surface area contributed by atoms with E-state index in [1.165, 1.54) is 0 Å². The van der Waals surface area contributed by atoms with Crippen molar-refractivity contribution in [3.63, 3.8) is 0 Å². The number of benzene rings is 2. The Hall–Kier alpha value is -0.910. The SMILES string of the molecule is O=c1c(CBr)c(-c2ccc(C(Br)Br)cc2)oc2ccccc12. The number of halogens is 3. The molecule has 0 saturated heterocycles. The van der Waals surface area contributed by atoms with Crippen molar-refractivity contribution in [2.24, 2.45) is 0 Å². The summed E-state index contributed by atoms with van der Waals surface area (Å²) in [4.78, 5) is 12.6. The molecule has 112 valence electrons. The van der Waals surface area contributed by atoms with Gasteiger partial charge in [-0.2, -0.15) is 0 Å². The van der Waals surface area contributed by atoms with Gasteiger partial charge in [0, 0.05) is 10.9 Å². The summed E-state index contributed by atoms with van der Waals surface area (Å²) >= 11 is 10.3. The van der Waals surface area contributed by atoms with Gasteiger partial charge in [-0.25, -0.2) is 0 Å². The van der Waals surface area contributed by atoms with Crippen LogP contribution < -0.4 is 5.43 Å². The smallest absolute Gasteiger partial charge is 0.197 e. The number of para-hydroxylation sites is 1. The summed E-state index contributed by atoms with van der Waals surface area (Å²) in [5, 5.41) is 1.06. The van der Waals surface area contributed by atoms with Gasteiger partial charge in [-0.15, -0.1) is 0 Å². The predicted octanol–water partition coefficient (Wildman–Crippen LogP) is 6.14. The second-order valence-electron chi connectivity index (χ2n) is 4.79. The molecule has 0 radical (unpaired) electrons. The van der Waals surface area contributed by atoms with Crippen LogP contribution in [0.5, 0.6) is 0 Å². The molecule has 0 fully saturated rings. The van der Waals surface area contributed by atoms with E-state index in [-0.39, 0.29) is 9.17 Å². The van der Waals surface area contributed by atoms with Gasteiger partial charge in [0.2, 0.25) is 0 Å². The van der Waals surface area contributed by atoms with E-state index in [2.05, 4.69) is 47.8 Å². The molecule has 1 aromatic heterocycles.